The zero-order valence-electron chi connectivity index (χ0n) is 16.4. The number of benzene rings is 2. The minimum Gasteiger partial charge on any atom is -0.334 e. The fourth-order valence-electron chi connectivity index (χ4n) is 3.32. The summed E-state index contributed by atoms with van der Waals surface area (Å²) in [4.78, 5) is 15.0. The van der Waals surface area contributed by atoms with E-state index in [9.17, 15) is 4.79 Å². The Balaban J connectivity index is 1.79. The minimum absolute atomic E-state index is 0.0796. The van der Waals surface area contributed by atoms with Crippen LogP contribution in [0, 0.1) is 13.8 Å². The maximum absolute atomic E-state index is 13.1. The second kappa shape index (κ2) is 8.67. The first kappa shape index (κ1) is 18.9. The fraction of sp³-hybridized carbons (Fsp3) is 0.304. The molecule has 3 rings (SSSR count). The van der Waals surface area contributed by atoms with Gasteiger partial charge in [0.15, 0.2) is 0 Å². The van der Waals surface area contributed by atoms with Crippen molar-refractivity contribution in [2.24, 2.45) is 0 Å². The van der Waals surface area contributed by atoms with Crippen molar-refractivity contribution in [2.45, 2.75) is 40.3 Å². The molecule has 0 aliphatic carbocycles. The van der Waals surface area contributed by atoms with E-state index in [0.717, 1.165) is 41.0 Å². The van der Waals surface area contributed by atoms with Gasteiger partial charge in [0.2, 0.25) is 0 Å². The minimum atomic E-state index is 0.0796. The molecule has 4 nitrogen and oxygen atoms in total. The van der Waals surface area contributed by atoms with Crippen LogP contribution in [0.2, 0.25) is 0 Å². The van der Waals surface area contributed by atoms with Crippen LogP contribution in [0.5, 0.6) is 0 Å². The fourth-order valence-corrected chi connectivity index (χ4v) is 3.32. The maximum atomic E-state index is 13.1. The van der Waals surface area contributed by atoms with E-state index >= 15 is 0 Å². The van der Waals surface area contributed by atoms with Crippen LogP contribution < -0.4 is 0 Å². The first-order chi connectivity index (χ1) is 13.1. The van der Waals surface area contributed by atoms with E-state index < -0.39 is 0 Å². The first-order valence-electron chi connectivity index (χ1n) is 9.50. The van der Waals surface area contributed by atoms with Gasteiger partial charge < -0.3 is 4.90 Å². The summed E-state index contributed by atoms with van der Waals surface area (Å²) >= 11 is 0. The van der Waals surface area contributed by atoms with Crippen molar-refractivity contribution < 1.29 is 4.79 Å². The zero-order chi connectivity index (χ0) is 19.2. The highest BCUT2D eigenvalue weighted by molar-refractivity contribution is 5.94. The highest BCUT2D eigenvalue weighted by Gasteiger charge is 2.16. The topological polar surface area (TPSA) is 38.1 Å². The third kappa shape index (κ3) is 4.85. The van der Waals surface area contributed by atoms with Gasteiger partial charge in [-0.15, -0.1) is 0 Å². The summed E-state index contributed by atoms with van der Waals surface area (Å²) in [6.45, 7) is 8.20. The molecule has 0 aliphatic heterocycles. The SMILES string of the molecule is CCCN(Cc1ccccc1)C(=O)c1cccc(Cn2nc(C)cc2C)c1. The van der Waals surface area contributed by atoms with Gasteiger partial charge in [0.05, 0.1) is 12.2 Å². The lowest BCUT2D eigenvalue weighted by Crippen LogP contribution is -2.31. The number of carbonyl (C=O) groups is 1. The molecular weight excluding hydrogens is 334 g/mol. The van der Waals surface area contributed by atoms with Gasteiger partial charge in [-0.1, -0.05) is 49.4 Å². The molecule has 0 fully saturated rings. The monoisotopic (exact) mass is 361 g/mol. The van der Waals surface area contributed by atoms with Crippen molar-refractivity contribution >= 4 is 5.91 Å². The van der Waals surface area contributed by atoms with Crippen LogP contribution in [0.4, 0.5) is 0 Å². The Kier molecular flexibility index (Phi) is 6.07. The predicted octanol–water partition coefficient (Wildman–Crippen LogP) is 4.60. The van der Waals surface area contributed by atoms with Gasteiger partial charge in [0.25, 0.3) is 5.91 Å². The number of nitrogens with zero attached hydrogens (tertiary/aromatic N) is 3. The van der Waals surface area contributed by atoms with E-state index in [1.807, 2.05) is 52.9 Å². The van der Waals surface area contributed by atoms with Gasteiger partial charge in [0.1, 0.15) is 0 Å². The number of rotatable bonds is 7. The molecular formula is C23H27N3O. The Morgan fingerprint density at radius 2 is 1.74 bits per heavy atom. The summed E-state index contributed by atoms with van der Waals surface area (Å²) in [5, 5.41) is 4.52. The van der Waals surface area contributed by atoms with Crippen molar-refractivity contribution in [3.63, 3.8) is 0 Å². The molecule has 0 atom stereocenters. The van der Waals surface area contributed by atoms with Crippen LogP contribution >= 0.6 is 0 Å². The van der Waals surface area contributed by atoms with Gasteiger partial charge >= 0.3 is 0 Å². The van der Waals surface area contributed by atoms with Crippen LogP contribution in [0.1, 0.15) is 46.2 Å². The van der Waals surface area contributed by atoms with Gasteiger partial charge in [-0.05, 0) is 49.6 Å². The molecule has 140 valence electrons. The van der Waals surface area contributed by atoms with E-state index in [2.05, 4.69) is 43.2 Å². The maximum Gasteiger partial charge on any atom is 0.254 e. The van der Waals surface area contributed by atoms with E-state index in [1.165, 1.54) is 0 Å². The molecule has 1 amide bonds. The van der Waals surface area contributed by atoms with Crippen molar-refractivity contribution in [3.05, 3.63) is 88.7 Å². The van der Waals surface area contributed by atoms with Gasteiger partial charge in [0, 0.05) is 24.3 Å². The van der Waals surface area contributed by atoms with Crippen LogP contribution in [0.25, 0.3) is 0 Å². The number of hydrogen-bond donors (Lipinski definition) is 0. The number of hydrogen-bond acceptors (Lipinski definition) is 2. The van der Waals surface area contributed by atoms with Gasteiger partial charge in [-0.25, -0.2) is 0 Å². The van der Waals surface area contributed by atoms with E-state index in [0.29, 0.717) is 13.1 Å². The summed E-state index contributed by atoms with van der Waals surface area (Å²) in [5.41, 5.74) is 5.11. The summed E-state index contributed by atoms with van der Waals surface area (Å²) in [6.07, 6.45) is 0.935. The lowest BCUT2D eigenvalue weighted by Gasteiger charge is -2.22. The molecule has 3 aromatic rings. The standard InChI is InChI=1S/C23H27N3O/c1-4-13-25(16-20-9-6-5-7-10-20)23(27)22-12-8-11-21(15-22)17-26-19(3)14-18(2)24-26/h5-12,14-15H,4,13,16-17H2,1-3H3. The smallest absolute Gasteiger partial charge is 0.254 e. The second-order valence-corrected chi connectivity index (χ2v) is 7.00. The summed E-state index contributed by atoms with van der Waals surface area (Å²) in [6, 6.07) is 20.1. The van der Waals surface area contributed by atoms with Crippen molar-refractivity contribution in [1.82, 2.24) is 14.7 Å². The Morgan fingerprint density at radius 3 is 2.41 bits per heavy atom. The summed E-state index contributed by atoms with van der Waals surface area (Å²) < 4.78 is 1.98. The normalized spacial score (nSPS) is 10.8. The second-order valence-electron chi connectivity index (χ2n) is 7.00. The Bertz CT molecular complexity index is 899. The highest BCUT2D eigenvalue weighted by Crippen LogP contribution is 2.14. The third-order valence-corrected chi connectivity index (χ3v) is 4.61. The van der Waals surface area contributed by atoms with Gasteiger partial charge in [-0.3, -0.25) is 9.48 Å². The molecule has 0 radical (unpaired) electrons. The van der Waals surface area contributed by atoms with Crippen LogP contribution in [-0.2, 0) is 13.1 Å². The van der Waals surface area contributed by atoms with Crippen molar-refractivity contribution in [3.8, 4) is 0 Å². The molecule has 0 N–H and O–H groups in total. The predicted molar refractivity (Wildman–Crippen MR) is 109 cm³/mol. The third-order valence-electron chi connectivity index (χ3n) is 4.61. The van der Waals surface area contributed by atoms with Crippen molar-refractivity contribution in [1.29, 1.82) is 0 Å². The lowest BCUT2D eigenvalue weighted by molar-refractivity contribution is 0.0743. The summed E-state index contributed by atoms with van der Waals surface area (Å²) in [7, 11) is 0. The molecule has 0 saturated heterocycles. The van der Waals surface area contributed by atoms with E-state index in [1.54, 1.807) is 0 Å². The Morgan fingerprint density at radius 1 is 1.00 bits per heavy atom. The molecule has 0 saturated carbocycles. The average molecular weight is 361 g/mol. The molecule has 2 aromatic carbocycles. The molecule has 27 heavy (non-hydrogen) atoms. The Labute approximate surface area is 161 Å². The number of carbonyl (C=O) groups excluding carboxylic acids is 1. The largest absolute Gasteiger partial charge is 0.334 e. The molecule has 0 unspecified atom stereocenters. The Hall–Kier alpha value is -2.88. The van der Waals surface area contributed by atoms with Crippen LogP contribution in [0.15, 0.2) is 60.7 Å². The number of aryl methyl sites for hydroxylation is 2. The van der Waals surface area contributed by atoms with E-state index in [-0.39, 0.29) is 5.91 Å². The highest BCUT2D eigenvalue weighted by atomic mass is 16.2. The average Bonchev–Trinajstić information content (AvgIpc) is 2.99. The molecule has 4 heteroatoms. The van der Waals surface area contributed by atoms with Crippen LogP contribution in [-0.4, -0.2) is 27.1 Å². The first-order valence-corrected chi connectivity index (χ1v) is 9.50. The molecule has 0 spiro atoms. The summed E-state index contributed by atoms with van der Waals surface area (Å²) in [5.74, 6) is 0.0796. The quantitative estimate of drug-likeness (QED) is 0.617. The number of aromatic nitrogens is 2. The van der Waals surface area contributed by atoms with Crippen LogP contribution in [0.3, 0.4) is 0 Å². The molecule has 0 bridgehead atoms. The molecule has 1 aromatic heterocycles. The lowest BCUT2D eigenvalue weighted by atomic mass is 10.1. The zero-order valence-corrected chi connectivity index (χ0v) is 16.4. The van der Waals surface area contributed by atoms with Crippen molar-refractivity contribution in [2.75, 3.05) is 6.54 Å². The molecule has 0 aliphatic rings. The number of amides is 1. The molecule has 1 heterocycles. The van der Waals surface area contributed by atoms with E-state index in [4.69, 9.17) is 0 Å². The van der Waals surface area contributed by atoms with Gasteiger partial charge in [-0.2, -0.15) is 5.10 Å².